The van der Waals surface area contributed by atoms with Gasteiger partial charge in [-0.3, -0.25) is 4.79 Å². The molecule has 0 aliphatic carbocycles. The largest absolute Gasteiger partial charge is 0.353 e. The van der Waals surface area contributed by atoms with Crippen molar-refractivity contribution in [1.82, 2.24) is 29.5 Å². The molecule has 1 aliphatic heterocycles. The first-order valence-electron chi connectivity index (χ1n) is 8.38. The Morgan fingerprint density at radius 1 is 1.12 bits per heavy atom. The van der Waals surface area contributed by atoms with Crippen LogP contribution in [0, 0.1) is 13.8 Å². The van der Waals surface area contributed by atoms with Crippen molar-refractivity contribution >= 4 is 29.1 Å². The SMILES string of the molecule is Cc1cc(C)n2nc(C(=O)N3CCN(c4ccc(Cl)cn4)CC3)nc2n1. The summed E-state index contributed by atoms with van der Waals surface area (Å²) in [6, 6.07) is 5.62. The third-order valence-electron chi connectivity index (χ3n) is 4.41. The number of fused-ring (bicyclic) bond motifs is 1. The Labute approximate surface area is 155 Å². The molecule has 1 saturated heterocycles. The molecule has 4 rings (SSSR count). The van der Waals surface area contributed by atoms with Gasteiger partial charge in [-0.1, -0.05) is 11.6 Å². The molecule has 1 aliphatic rings. The molecule has 1 fully saturated rings. The van der Waals surface area contributed by atoms with Crippen LogP contribution in [-0.4, -0.2) is 61.6 Å². The molecule has 0 aromatic carbocycles. The van der Waals surface area contributed by atoms with Gasteiger partial charge in [0.1, 0.15) is 5.82 Å². The van der Waals surface area contributed by atoms with Gasteiger partial charge in [-0.15, -0.1) is 5.10 Å². The number of nitrogens with zero attached hydrogens (tertiary/aromatic N) is 7. The highest BCUT2D eigenvalue weighted by atomic mass is 35.5. The summed E-state index contributed by atoms with van der Waals surface area (Å²) < 4.78 is 1.61. The molecule has 3 aromatic heterocycles. The summed E-state index contributed by atoms with van der Waals surface area (Å²) in [4.78, 5) is 29.6. The first-order valence-corrected chi connectivity index (χ1v) is 8.76. The maximum absolute atomic E-state index is 12.8. The van der Waals surface area contributed by atoms with Gasteiger partial charge in [0, 0.05) is 43.8 Å². The van der Waals surface area contributed by atoms with Crippen LogP contribution in [0.15, 0.2) is 24.4 Å². The molecule has 3 aromatic rings. The number of aromatic nitrogens is 5. The van der Waals surface area contributed by atoms with E-state index in [-0.39, 0.29) is 11.7 Å². The van der Waals surface area contributed by atoms with E-state index in [1.807, 2.05) is 32.0 Å². The van der Waals surface area contributed by atoms with E-state index in [0.717, 1.165) is 17.2 Å². The van der Waals surface area contributed by atoms with Crippen molar-refractivity contribution < 1.29 is 4.79 Å². The van der Waals surface area contributed by atoms with Crippen molar-refractivity contribution in [1.29, 1.82) is 0 Å². The highest BCUT2D eigenvalue weighted by Crippen LogP contribution is 2.17. The van der Waals surface area contributed by atoms with E-state index in [0.29, 0.717) is 37.0 Å². The van der Waals surface area contributed by atoms with E-state index in [1.54, 1.807) is 15.6 Å². The molecular weight excluding hydrogens is 354 g/mol. The number of carbonyl (C=O) groups is 1. The van der Waals surface area contributed by atoms with Crippen molar-refractivity contribution in [2.45, 2.75) is 13.8 Å². The molecule has 4 heterocycles. The Hall–Kier alpha value is -2.74. The molecule has 0 saturated carbocycles. The second-order valence-electron chi connectivity index (χ2n) is 6.30. The van der Waals surface area contributed by atoms with Crippen LogP contribution in [0.25, 0.3) is 5.78 Å². The van der Waals surface area contributed by atoms with Crippen LogP contribution in [0.1, 0.15) is 22.0 Å². The van der Waals surface area contributed by atoms with Crippen LogP contribution in [0.3, 0.4) is 0 Å². The summed E-state index contributed by atoms with van der Waals surface area (Å²) >= 11 is 5.88. The van der Waals surface area contributed by atoms with Crippen LogP contribution >= 0.6 is 11.6 Å². The lowest BCUT2D eigenvalue weighted by molar-refractivity contribution is 0.0734. The van der Waals surface area contributed by atoms with Gasteiger partial charge in [0.2, 0.25) is 5.82 Å². The summed E-state index contributed by atoms with van der Waals surface area (Å²) in [5.74, 6) is 1.33. The molecule has 0 unspecified atom stereocenters. The van der Waals surface area contributed by atoms with Crippen molar-refractivity contribution in [3.05, 3.63) is 46.6 Å². The topological polar surface area (TPSA) is 79.5 Å². The van der Waals surface area contributed by atoms with E-state index >= 15 is 0 Å². The van der Waals surface area contributed by atoms with Gasteiger partial charge >= 0.3 is 0 Å². The third kappa shape index (κ3) is 3.08. The van der Waals surface area contributed by atoms with E-state index in [2.05, 4.69) is 25.0 Å². The fraction of sp³-hybridized carbons (Fsp3) is 0.353. The van der Waals surface area contributed by atoms with Crippen LogP contribution in [0.4, 0.5) is 5.82 Å². The summed E-state index contributed by atoms with van der Waals surface area (Å²) in [6.45, 7) is 6.39. The lowest BCUT2D eigenvalue weighted by Crippen LogP contribution is -2.49. The number of hydrogen-bond donors (Lipinski definition) is 0. The first-order chi connectivity index (χ1) is 12.5. The predicted molar refractivity (Wildman–Crippen MR) is 97.6 cm³/mol. The monoisotopic (exact) mass is 371 g/mol. The first kappa shape index (κ1) is 16.7. The van der Waals surface area contributed by atoms with Crippen LogP contribution in [0.2, 0.25) is 5.02 Å². The maximum Gasteiger partial charge on any atom is 0.293 e. The number of carbonyl (C=O) groups excluding carboxylic acids is 1. The Balaban J connectivity index is 1.48. The Bertz CT molecular complexity index is 961. The normalized spacial score (nSPS) is 14.9. The number of rotatable bonds is 2. The number of halogens is 1. The van der Waals surface area contributed by atoms with Gasteiger partial charge in [-0.05, 0) is 32.0 Å². The highest BCUT2D eigenvalue weighted by molar-refractivity contribution is 6.30. The summed E-state index contributed by atoms with van der Waals surface area (Å²) in [5.41, 5.74) is 1.75. The van der Waals surface area contributed by atoms with E-state index in [9.17, 15) is 4.79 Å². The molecule has 8 nitrogen and oxygen atoms in total. The molecule has 0 radical (unpaired) electrons. The Morgan fingerprint density at radius 2 is 1.88 bits per heavy atom. The minimum Gasteiger partial charge on any atom is -0.353 e. The van der Waals surface area contributed by atoms with Crippen LogP contribution in [0.5, 0.6) is 0 Å². The van der Waals surface area contributed by atoms with Crippen LogP contribution < -0.4 is 4.90 Å². The van der Waals surface area contributed by atoms with E-state index in [1.165, 1.54) is 0 Å². The van der Waals surface area contributed by atoms with Crippen LogP contribution in [-0.2, 0) is 0 Å². The van der Waals surface area contributed by atoms with Crippen molar-refractivity contribution in [3.63, 3.8) is 0 Å². The van der Waals surface area contributed by atoms with E-state index < -0.39 is 0 Å². The predicted octanol–water partition coefficient (Wildman–Crippen LogP) is 1.75. The molecule has 9 heteroatoms. The molecule has 0 spiro atoms. The average Bonchev–Trinajstić information content (AvgIpc) is 3.06. The van der Waals surface area contributed by atoms with Crippen molar-refractivity contribution in [2.24, 2.45) is 0 Å². The lowest BCUT2D eigenvalue weighted by atomic mass is 10.3. The molecule has 1 amide bonds. The molecule has 134 valence electrons. The van der Waals surface area contributed by atoms with Gasteiger partial charge in [0.05, 0.1) is 5.02 Å². The molecule has 26 heavy (non-hydrogen) atoms. The number of amides is 1. The fourth-order valence-corrected chi connectivity index (χ4v) is 3.20. The Morgan fingerprint density at radius 3 is 2.58 bits per heavy atom. The molecular formula is C17H18ClN7O. The zero-order chi connectivity index (χ0) is 18.3. The molecule has 0 N–H and O–H groups in total. The quantitative estimate of drug-likeness (QED) is 0.682. The third-order valence-corrected chi connectivity index (χ3v) is 4.64. The standard InChI is InChI=1S/C17H18ClN7O/c1-11-9-12(2)25-17(20-11)21-15(22-25)16(26)24-7-5-23(6-8-24)14-4-3-13(18)10-19-14/h3-4,9-10H,5-8H2,1-2H3. The van der Waals surface area contributed by atoms with Gasteiger partial charge in [0.25, 0.3) is 11.7 Å². The zero-order valence-corrected chi connectivity index (χ0v) is 15.3. The summed E-state index contributed by atoms with van der Waals surface area (Å²) in [5, 5.41) is 4.94. The summed E-state index contributed by atoms with van der Waals surface area (Å²) in [6.07, 6.45) is 1.63. The van der Waals surface area contributed by atoms with Gasteiger partial charge in [0.15, 0.2) is 0 Å². The second kappa shape index (κ2) is 6.53. The van der Waals surface area contributed by atoms with Gasteiger partial charge < -0.3 is 9.80 Å². The zero-order valence-electron chi connectivity index (χ0n) is 14.6. The number of pyridine rings is 1. The molecule has 0 atom stereocenters. The fourth-order valence-electron chi connectivity index (χ4n) is 3.09. The number of aryl methyl sites for hydroxylation is 2. The summed E-state index contributed by atoms with van der Waals surface area (Å²) in [7, 11) is 0. The minimum absolute atomic E-state index is 0.170. The number of anilines is 1. The number of hydrogen-bond acceptors (Lipinski definition) is 6. The molecule has 0 bridgehead atoms. The minimum atomic E-state index is -0.170. The number of piperazine rings is 1. The highest BCUT2D eigenvalue weighted by Gasteiger charge is 2.26. The Kier molecular flexibility index (Phi) is 4.20. The van der Waals surface area contributed by atoms with Crippen molar-refractivity contribution in [3.8, 4) is 0 Å². The average molecular weight is 372 g/mol. The second-order valence-corrected chi connectivity index (χ2v) is 6.74. The van der Waals surface area contributed by atoms with Crippen molar-refractivity contribution in [2.75, 3.05) is 31.1 Å². The maximum atomic E-state index is 12.8. The van der Waals surface area contributed by atoms with E-state index in [4.69, 9.17) is 11.6 Å². The van der Waals surface area contributed by atoms with Gasteiger partial charge in [-0.2, -0.15) is 4.98 Å². The lowest BCUT2D eigenvalue weighted by Gasteiger charge is -2.34. The smallest absolute Gasteiger partial charge is 0.293 e. The van der Waals surface area contributed by atoms with Gasteiger partial charge in [-0.25, -0.2) is 14.5 Å².